The molecule has 2 aliphatic rings. The monoisotopic (exact) mass is 370 g/mol. The average Bonchev–Trinajstić information content (AvgIpc) is 3.46. The van der Waals surface area contributed by atoms with E-state index in [1.165, 1.54) is 29.2 Å². The van der Waals surface area contributed by atoms with Crippen LogP contribution < -0.4 is 4.90 Å². The smallest absolute Gasteiger partial charge is 0.338 e. The van der Waals surface area contributed by atoms with Crippen molar-refractivity contribution in [3.8, 4) is 0 Å². The lowest BCUT2D eigenvalue weighted by atomic mass is 10.1. The summed E-state index contributed by atoms with van der Waals surface area (Å²) in [5.74, 6) is -1.41. The number of rotatable bonds is 7. The predicted molar refractivity (Wildman–Crippen MR) is 97.9 cm³/mol. The van der Waals surface area contributed by atoms with Crippen LogP contribution in [-0.2, 0) is 19.1 Å². The van der Waals surface area contributed by atoms with Crippen molar-refractivity contribution in [2.24, 2.45) is 5.92 Å². The third-order valence-corrected chi connectivity index (χ3v) is 4.67. The lowest BCUT2D eigenvalue weighted by Crippen LogP contribution is -2.46. The highest BCUT2D eigenvalue weighted by Crippen LogP contribution is 2.34. The zero-order valence-electron chi connectivity index (χ0n) is 15.2. The number of amides is 3. The van der Waals surface area contributed by atoms with Gasteiger partial charge in [0, 0.05) is 12.5 Å². The highest BCUT2D eigenvalue weighted by Gasteiger charge is 2.46. The Kier molecular flexibility index (Phi) is 5.39. The van der Waals surface area contributed by atoms with Gasteiger partial charge in [-0.15, -0.1) is 6.58 Å². The summed E-state index contributed by atoms with van der Waals surface area (Å²) in [6.07, 6.45) is 3.15. The molecule has 1 atom stereocenters. The molecule has 0 bridgehead atoms. The van der Waals surface area contributed by atoms with Gasteiger partial charge in [0.25, 0.3) is 5.91 Å². The summed E-state index contributed by atoms with van der Waals surface area (Å²) in [6.45, 7) is 5.86. The number of carbonyl (C=O) groups is 4. The molecule has 3 rings (SSSR count). The van der Waals surface area contributed by atoms with Crippen molar-refractivity contribution in [2.75, 3.05) is 18.1 Å². The van der Waals surface area contributed by atoms with Gasteiger partial charge in [-0.05, 0) is 44.0 Å². The van der Waals surface area contributed by atoms with Gasteiger partial charge in [0.2, 0.25) is 11.8 Å². The molecule has 1 aliphatic carbocycles. The van der Waals surface area contributed by atoms with E-state index in [1.807, 2.05) is 0 Å². The minimum Gasteiger partial charge on any atom is -0.462 e. The van der Waals surface area contributed by atoms with E-state index in [2.05, 4.69) is 6.58 Å². The van der Waals surface area contributed by atoms with Crippen molar-refractivity contribution in [1.82, 2.24) is 4.90 Å². The van der Waals surface area contributed by atoms with E-state index in [0.29, 0.717) is 11.3 Å². The van der Waals surface area contributed by atoms with Crippen LogP contribution in [0.15, 0.2) is 36.9 Å². The van der Waals surface area contributed by atoms with Crippen LogP contribution in [0.4, 0.5) is 5.69 Å². The molecule has 2 fully saturated rings. The molecule has 1 aromatic carbocycles. The molecule has 1 aliphatic heterocycles. The van der Waals surface area contributed by atoms with E-state index in [9.17, 15) is 19.2 Å². The minimum atomic E-state index is -0.812. The number of imide groups is 1. The van der Waals surface area contributed by atoms with Crippen LogP contribution in [0.3, 0.4) is 0 Å². The van der Waals surface area contributed by atoms with Crippen LogP contribution in [0.5, 0.6) is 0 Å². The Balaban J connectivity index is 1.79. The van der Waals surface area contributed by atoms with Gasteiger partial charge in [0.15, 0.2) is 0 Å². The maximum Gasteiger partial charge on any atom is 0.338 e. The molecule has 7 heteroatoms. The molecule has 0 spiro atoms. The molecule has 7 nitrogen and oxygen atoms in total. The van der Waals surface area contributed by atoms with Gasteiger partial charge in [0.05, 0.1) is 24.3 Å². The number of nitrogens with zero attached hydrogens (tertiary/aromatic N) is 2. The van der Waals surface area contributed by atoms with Crippen molar-refractivity contribution < 1.29 is 23.9 Å². The molecular weight excluding hydrogens is 348 g/mol. The SMILES string of the molecule is C=CCN(C(=O)C1CC1)C1CC(=O)N(c2ccc(C(=O)OCC)cc2)C1=O. The van der Waals surface area contributed by atoms with Crippen LogP contribution in [0, 0.1) is 5.92 Å². The molecule has 1 heterocycles. The first kappa shape index (κ1) is 18.8. The largest absolute Gasteiger partial charge is 0.462 e. The Hall–Kier alpha value is -2.96. The highest BCUT2D eigenvalue weighted by molar-refractivity contribution is 6.23. The molecule has 142 valence electrons. The van der Waals surface area contributed by atoms with Gasteiger partial charge in [-0.1, -0.05) is 6.08 Å². The first-order chi connectivity index (χ1) is 13.0. The van der Waals surface area contributed by atoms with Gasteiger partial charge in [0.1, 0.15) is 6.04 Å². The number of benzene rings is 1. The van der Waals surface area contributed by atoms with Gasteiger partial charge < -0.3 is 9.64 Å². The Labute approximate surface area is 157 Å². The van der Waals surface area contributed by atoms with Crippen molar-refractivity contribution in [3.05, 3.63) is 42.5 Å². The van der Waals surface area contributed by atoms with Crippen LogP contribution >= 0.6 is 0 Å². The minimum absolute atomic E-state index is 0.0502. The summed E-state index contributed by atoms with van der Waals surface area (Å²) in [6, 6.07) is 5.28. The number of carbonyl (C=O) groups excluding carboxylic acids is 4. The summed E-state index contributed by atoms with van der Waals surface area (Å²) in [5, 5.41) is 0. The van der Waals surface area contributed by atoms with E-state index in [0.717, 1.165) is 17.7 Å². The number of ether oxygens (including phenoxy) is 1. The molecule has 3 amide bonds. The van der Waals surface area contributed by atoms with E-state index < -0.39 is 17.9 Å². The third kappa shape index (κ3) is 3.77. The lowest BCUT2D eigenvalue weighted by Gasteiger charge is -2.26. The quantitative estimate of drug-likeness (QED) is 0.416. The fourth-order valence-electron chi connectivity index (χ4n) is 3.17. The topological polar surface area (TPSA) is 84.0 Å². The molecule has 0 radical (unpaired) electrons. The summed E-state index contributed by atoms with van der Waals surface area (Å²) < 4.78 is 4.93. The second-order valence-electron chi connectivity index (χ2n) is 6.61. The van der Waals surface area contributed by atoms with E-state index >= 15 is 0 Å². The lowest BCUT2D eigenvalue weighted by molar-refractivity contribution is -0.138. The second-order valence-corrected chi connectivity index (χ2v) is 6.61. The predicted octanol–water partition coefficient (Wildman–Crippen LogP) is 1.92. The first-order valence-electron chi connectivity index (χ1n) is 9.03. The molecule has 1 saturated carbocycles. The third-order valence-electron chi connectivity index (χ3n) is 4.67. The van der Waals surface area contributed by atoms with Gasteiger partial charge in [-0.3, -0.25) is 14.4 Å². The highest BCUT2D eigenvalue weighted by atomic mass is 16.5. The molecule has 0 aromatic heterocycles. The van der Waals surface area contributed by atoms with Crippen LogP contribution in [0.1, 0.15) is 36.5 Å². The zero-order chi connectivity index (χ0) is 19.6. The number of hydrogen-bond acceptors (Lipinski definition) is 5. The van der Waals surface area contributed by atoms with Gasteiger partial charge in [-0.2, -0.15) is 0 Å². The van der Waals surface area contributed by atoms with Crippen molar-refractivity contribution in [1.29, 1.82) is 0 Å². The van der Waals surface area contributed by atoms with Gasteiger partial charge >= 0.3 is 5.97 Å². The maximum atomic E-state index is 12.9. The van der Waals surface area contributed by atoms with Crippen LogP contribution in [0.25, 0.3) is 0 Å². The van der Waals surface area contributed by atoms with E-state index in [-0.39, 0.29) is 37.3 Å². The number of esters is 1. The number of hydrogen-bond donors (Lipinski definition) is 0. The van der Waals surface area contributed by atoms with Crippen LogP contribution in [0.2, 0.25) is 0 Å². The molecule has 1 saturated heterocycles. The van der Waals surface area contributed by atoms with Crippen LogP contribution in [-0.4, -0.2) is 47.8 Å². The number of anilines is 1. The molecule has 0 N–H and O–H groups in total. The zero-order valence-corrected chi connectivity index (χ0v) is 15.2. The Morgan fingerprint density at radius 1 is 1.26 bits per heavy atom. The fourth-order valence-corrected chi connectivity index (χ4v) is 3.17. The van der Waals surface area contributed by atoms with Gasteiger partial charge in [-0.25, -0.2) is 9.69 Å². The van der Waals surface area contributed by atoms with Crippen molar-refractivity contribution >= 4 is 29.4 Å². The molecular formula is C20H22N2O5. The molecule has 1 unspecified atom stereocenters. The van der Waals surface area contributed by atoms with Crippen molar-refractivity contribution in [3.63, 3.8) is 0 Å². The summed E-state index contributed by atoms with van der Waals surface area (Å²) >= 11 is 0. The standard InChI is InChI=1S/C20H22N2O5/c1-3-11-21(18(24)13-5-6-13)16-12-17(23)22(19(16)25)15-9-7-14(8-10-15)20(26)27-4-2/h3,7-10,13,16H,1,4-6,11-12H2,2H3. The first-order valence-corrected chi connectivity index (χ1v) is 9.03. The molecule has 27 heavy (non-hydrogen) atoms. The van der Waals surface area contributed by atoms with E-state index in [1.54, 1.807) is 13.0 Å². The Bertz CT molecular complexity index is 782. The maximum absolute atomic E-state index is 12.9. The second kappa shape index (κ2) is 7.73. The normalized spacial score (nSPS) is 19.1. The molecule has 1 aromatic rings. The Morgan fingerprint density at radius 2 is 1.93 bits per heavy atom. The summed E-state index contributed by atoms with van der Waals surface area (Å²) in [4.78, 5) is 52.1. The summed E-state index contributed by atoms with van der Waals surface area (Å²) in [5.41, 5.74) is 0.714. The average molecular weight is 370 g/mol. The van der Waals surface area contributed by atoms with E-state index in [4.69, 9.17) is 4.74 Å². The Morgan fingerprint density at radius 3 is 2.48 bits per heavy atom. The summed E-state index contributed by atoms with van der Waals surface area (Å²) in [7, 11) is 0. The van der Waals surface area contributed by atoms with Crippen molar-refractivity contribution in [2.45, 2.75) is 32.2 Å². The fraction of sp³-hybridized carbons (Fsp3) is 0.400.